The van der Waals surface area contributed by atoms with Crippen LogP contribution in [0.25, 0.3) is 0 Å². The number of rotatable bonds is 5. The minimum Gasteiger partial charge on any atom is -0.379 e. The molecule has 7 heteroatoms. The fourth-order valence-corrected chi connectivity index (χ4v) is 3.72. The maximum Gasteiger partial charge on any atom is 0.194 e. The lowest BCUT2D eigenvalue weighted by Gasteiger charge is -2.32. The number of hydrogen-bond acceptors (Lipinski definition) is 5. The summed E-state index contributed by atoms with van der Waals surface area (Å²) in [5, 5.41) is 3.48. The van der Waals surface area contributed by atoms with Gasteiger partial charge in [0.2, 0.25) is 0 Å². The first-order chi connectivity index (χ1) is 11.9. The molecule has 0 spiro atoms. The van der Waals surface area contributed by atoms with Crippen molar-refractivity contribution >= 4 is 5.96 Å². The van der Waals surface area contributed by atoms with Crippen LogP contribution in [0.2, 0.25) is 0 Å². The van der Waals surface area contributed by atoms with Crippen LogP contribution in [-0.2, 0) is 9.47 Å². The van der Waals surface area contributed by atoms with Crippen LogP contribution < -0.4 is 5.32 Å². The van der Waals surface area contributed by atoms with Gasteiger partial charge in [0.15, 0.2) is 5.96 Å². The Morgan fingerprint density at radius 3 is 2.46 bits per heavy atom. The predicted octanol–water partition coefficient (Wildman–Crippen LogP) is -0.309. The Labute approximate surface area is 146 Å². The molecule has 3 aliphatic heterocycles. The lowest BCUT2D eigenvalue weighted by Crippen LogP contribution is -2.47. The van der Waals surface area contributed by atoms with Gasteiger partial charge in [-0.1, -0.05) is 0 Å². The standard InChI is InChI=1S/C17H33N5O2/c1-2-18-17(19-4-6-20-7-11-23-12-8-20)22-5-3-16(15-22)21-9-13-24-14-10-21/h16H,2-15H2,1H3,(H,18,19). The molecule has 3 fully saturated rings. The van der Waals surface area contributed by atoms with Gasteiger partial charge < -0.3 is 19.7 Å². The zero-order valence-electron chi connectivity index (χ0n) is 15.1. The topological polar surface area (TPSA) is 52.6 Å². The lowest BCUT2D eigenvalue weighted by atomic mass is 10.2. The molecule has 0 radical (unpaired) electrons. The Balaban J connectivity index is 1.48. The van der Waals surface area contributed by atoms with Gasteiger partial charge in [-0.2, -0.15) is 0 Å². The van der Waals surface area contributed by atoms with Crippen LogP contribution in [0.4, 0.5) is 0 Å². The molecule has 3 aliphatic rings. The maximum absolute atomic E-state index is 5.48. The molecule has 24 heavy (non-hydrogen) atoms. The molecule has 0 aliphatic carbocycles. The zero-order valence-corrected chi connectivity index (χ0v) is 15.1. The van der Waals surface area contributed by atoms with Gasteiger partial charge in [-0.15, -0.1) is 0 Å². The van der Waals surface area contributed by atoms with E-state index in [1.54, 1.807) is 0 Å². The van der Waals surface area contributed by atoms with Gasteiger partial charge in [0.05, 0.1) is 33.0 Å². The molecule has 0 aromatic rings. The van der Waals surface area contributed by atoms with Crippen LogP contribution in [-0.4, -0.2) is 112 Å². The van der Waals surface area contributed by atoms with E-state index in [9.17, 15) is 0 Å². The molecular weight excluding hydrogens is 306 g/mol. The van der Waals surface area contributed by atoms with E-state index in [1.807, 2.05) is 0 Å². The fraction of sp³-hybridized carbons (Fsp3) is 0.941. The van der Waals surface area contributed by atoms with E-state index in [0.717, 1.165) is 91.3 Å². The van der Waals surface area contributed by atoms with E-state index in [-0.39, 0.29) is 0 Å². The van der Waals surface area contributed by atoms with Crippen LogP contribution in [0, 0.1) is 0 Å². The van der Waals surface area contributed by atoms with Crippen molar-refractivity contribution in [3.63, 3.8) is 0 Å². The van der Waals surface area contributed by atoms with E-state index in [1.165, 1.54) is 6.42 Å². The Bertz CT molecular complexity index is 394. The summed E-state index contributed by atoms with van der Waals surface area (Å²) in [5.41, 5.74) is 0. The Kier molecular flexibility index (Phi) is 7.13. The van der Waals surface area contributed by atoms with Crippen molar-refractivity contribution in [2.75, 3.05) is 85.3 Å². The zero-order chi connectivity index (χ0) is 16.6. The van der Waals surface area contributed by atoms with E-state index in [0.29, 0.717) is 6.04 Å². The van der Waals surface area contributed by atoms with Gasteiger partial charge >= 0.3 is 0 Å². The molecule has 7 nitrogen and oxygen atoms in total. The number of nitrogens with one attached hydrogen (secondary N) is 1. The molecule has 0 saturated carbocycles. The normalized spacial score (nSPS) is 27.6. The third-order valence-electron chi connectivity index (χ3n) is 5.14. The highest BCUT2D eigenvalue weighted by Crippen LogP contribution is 2.17. The van der Waals surface area contributed by atoms with Gasteiger partial charge in [-0.25, -0.2) is 0 Å². The average Bonchev–Trinajstić information content (AvgIpc) is 3.13. The molecule has 1 N–H and O–H groups in total. The Morgan fingerprint density at radius 1 is 1.04 bits per heavy atom. The van der Waals surface area contributed by atoms with E-state index >= 15 is 0 Å². The molecule has 3 saturated heterocycles. The van der Waals surface area contributed by atoms with E-state index in [2.05, 4.69) is 26.9 Å². The SMILES string of the molecule is CCNC(=NCCN1CCOCC1)N1CCC(N2CCOCC2)C1. The van der Waals surface area contributed by atoms with Gasteiger partial charge in [-0.3, -0.25) is 14.8 Å². The summed E-state index contributed by atoms with van der Waals surface area (Å²) in [7, 11) is 0. The number of hydrogen-bond donors (Lipinski definition) is 1. The van der Waals surface area contributed by atoms with Crippen molar-refractivity contribution in [3.8, 4) is 0 Å². The molecule has 0 amide bonds. The highest BCUT2D eigenvalue weighted by molar-refractivity contribution is 5.80. The highest BCUT2D eigenvalue weighted by Gasteiger charge is 2.30. The van der Waals surface area contributed by atoms with Crippen LogP contribution in [0.1, 0.15) is 13.3 Å². The van der Waals surface area contributed by atoms with Crippen molar-refractivity contribution in [2.45, 2.75) is 19.4 Å². The average molecular weight is 339 g/mol. The third-order valence-corrected chi connectivity index (χ3v) is 5.14. The summed E-state index contributed by atoms with van der Waals surface area (Å²) < 4.78 is 10.9. The maximum atomic E-state index is 5.48. The van der Waals surface area contributed by atoms with Crippen molar-refractivity contribution in [2.24, 2.45) is 4.99 Å². The third kappa shape index (κ3) is 5.05. The minimum absolute atomic E-state index is 0.650. The highest BCUT2D eigenvalue weighted by atomic mass is 16.5. The van der Waals surface area contributed by atoms with Crippen molar-refractivity contribution in [1.29, 1.82) is 0 Å². The first-order valence-electron chi connectivity index (χ1n) is 9.52. The number of guanidine groups is 1. The first-order valence-corrected chi connectivity index (χ1v) is 9.52. The van der Waals surface area contributed by atoms with Crippen molar-refractivity contribution in [3.05, 3.63) is 0 Å². The van der Waals surface area contributed by atoms with Gasteiger partial charge in [0.25, 0.3) is 0 Å². The van der Waals surface area contributed by atoms with Crippen LogP contribution >= 0.6 is 0 Å². The number of ether oxygens (including phenoxy) is 2. The van der Waals surface area contributed by atoms with E-state index < -0.39 is 0 Å². The molecule has 138 valence electrons. The second kappa shape index (κ2) is 9.56. The monoisotopic (exact) mass is 339 g/mol. The number of aliphatic imine (C=N–C) groups is 1. The van der Waals surface area contributed by atoms with Crippen molar-refractivity contribution < 1.29 is 9.47 Å². The smallest absolute Gasteiger partial charge is 0.194 e. The summed E-state index contributed by atoms with van der Waals surface area (Å²) in [6.45, 7) is 14.8. The largest absolute Gasteiger partial charge is 0.379 e. The molecular formula is C17H33N5O2. The summed E-state index contributed by atoms with van der Waals surface area (Å²) in [5.74, 6) is 1.08. The number of likely N-dealkylation sites (tertiary alicyclic amines) is 1. The molecule has 3 rings (SSSR count). The second-order valence-electron chi connectivity index (χ2n) is 6.73. The van der Waals surface area contributed by atoms with Crippen LogP contribution in [0.3, 0.4) is 0 Å². The summed E-state index contributed by atoms with van der Waals surface area (Å²) in [6, 6.07) is 0.650. The Morgan fingerprint density at radius 2 is 1.75 bits per heavy atom. The summed E-state index contributed by atoms with van der Waals surface area (Å²) >= 11 is 0. The first kappa shape index (κ1) is 17.9. The summed E-state index contributed by atoms with van der Waals surface area (Å²) in [4.78, 5) is 12.3. The quantitative estimate of drug-likeness (QED) is 0.548. The molecule has 1 unspecified atom stereocenters. The number of morpholine rings is 2. The van der Waals surface area contributed by atoms with Crippen LogP contribution in [0.5, 0.6) is 0 Å². The van der Waals surface area contributed by atoms with Crippen LogP contribution in [0.15, 0.2) is 4.99 Å². The predicted molar refractivity (Wildman–Crippen MR) is 95.6 cm³/mol. The van der Waals surface area contributed by atoms with Gasteiger partial charge in [-0.05, 0) is 13.3 Å². The fourth-order valence-electron chi connectivity index (χ4n) is 3.72. The second-order valence-corrected chi connectivity index (χ2v) is 6.73. The molecule has 3 heterocycles. The Hall–Kier alpha value is -0.890. The molecule has 0 aromatic carbocycles. The molecule has 1 atom stereocenters. The van der Waals surface area contributed by atoms with E-state index in [4.69, 9.17) is 14.5 Å². The van der Waals surface area contributed by atoms with Gasteiger partial charge in [0, 0.05) is 58.4 Å². The summed E-state index contributed by atoms with van der Waals surface area (Å²) in [6.07, 6.45) is 1.23. The minimum atomic E-state index is 0.650. The van der Waals surface area contributed by atoms with Gasteiger partial charge in [0.1, 0.15) is 0 Å². The lowest BCUT2D eigenvalue weighted by molar-refractivity contribution is 0.0195. The molecule has 0 bridgehead atoms. The number of nitrogens with zero attached hydrogens (tertiary/aromatic N) is 4. The molecule has 0 aromatic heterocycles. The van der Waals surface area contributed by atoms with Crippen molar-refractivity contribution in [1.82, 2.24) is 20.0 Å².